The lowest BCUT2D eigenvalue weighted by Gasteiger charge is -2.21. The molecular formula is C6H10N6. The van der Waals surface area contributed by atoms with Gasteiger partial charge in [-0.05, 0) is 0 Å². The molecule has 0 saturated carbocycles. The molecule has 1 aliphatic heterocycles. The normalized spacial score (nSPS) is 22.2. The maximum atomic E-state index is 5.74. The zero-order valence-corrected chi connectivity index (χ0v) is 6.36. The molecule has 0 saturated heterocycles. The average molecular weight is 166 g/mol. The maximum Gasteiger partial charge on any atom is 0.144 e. The first-order valence-electron chi connectivity index (χ1n) is 3.55. The van der Waals surface area contributed by atoms with E-state index in [0.717, 1.165) is 5.82 Å². The molecule has 1 atom stereocenters. The fourth-order valence-corrected chi connectivity index (χ4v) is 1.06. The van der Waals surface area contributed by atoms with E-state index in [2.05, 4.69) is 15.6 Å². The summed E-state index contributed by atoms with van der Waals surface area (Å²) in [6.07, 6.45) is 2.98. The van der Waals surface area contributed by atoms with E-state index < -0.39 is 0 Å². The molecule has 2 rings (SSSR count). The number of hydrogen-bond donors (Lipinski definition) is 4. The number of hydrogen-bond acceptors (Lipinski definition) is 5. The third-order valence-corrected chi connectivity index (χ3v) is 1.74. The highest BCUT2D eigenvalue weighted by atomic mass is 15.6. The van der Waals surface area contributed by atoms with Gasteiger partial charge in [-0.3, -0.25) is 5.10 Å². The lowest BCUT2D eigenvalue weighted by Crippen LogP contribution is -2.45. The number of aromatic amines is 1. The molecule has 0 radical (unpaired) electrons. The van der Waals surface area contributed by atoms with Gasteiger partial charge in [-0.1, -0.05) is 0 Å². The minimum atomic E-state index is -0.328. The molecule has 0 spiro atoms. The van der Waals surface area contributed by atoms with Crippen molar-refractivity contribution in [3.8, 4) is 0 Å². The predicted octanol–water partition coefficient (Wildman–Crippen LogP) is -1.18. The number of rotatable bonds is 1. The van der Waals surface area contributed by atoms with Gasteiger partial charge in [0.15, 0.2) is 0 Å². The highest BCUT2D eigenvalue weighted by Gasteiger charge is 2.22. The maximum absolute atomic E-state index is 5.74. The molecule has 1 aliphatic rings. The number of aromatic nitrogens is 2. The molecule has 0 bridgehead atoms. The van der Waals surface area contributed by atoms with Gasteiger partial charge < -0.3 is 16.9 Å². The van der Waals surface area contributed by atoms with Crippen molar-refractivity contribution in [2.75, 3.05) is 5.01 Å². The topological polar surface area (TPSA) is 96.0 Å². The fraction of sp³-hybridized carbons (Fsp3) is 0.167. The second-order valence-corrected chi connectivity index (χ2v) is 2.53. The predicted molar refractivity (Wildman–Crippen MR) is 44.4 cm³/mol. The first-order chi connectivity index (χ1) is 5.79. The van der Waals surface area contributed by atoms with Gasteiger partial charge in [-0.25, -0.2) is 5.01 Å². The third kappa shape index (κ3) is 0.892. The van der Waals surface area contributed by atoms with E-state index in [1.54, 1.807) is 23.5 Å². The Bertz CT molecular complexity index is 289. The quantitative estimate of drug-likeness (QED) is 0.421. The van der Waals surface area contributed by atoms with Crippen molar-refractivity contribution in [2.45, 2.75) is 6.17 Å². The second kappa shape index (κ2) is 2.42. The summed E-state index contributed by atoms with van der Waals surface area (Å²) in [5, 5.41) is 8.27. The highest BCUT2D eigenvalue weighted by molar-refractivity contribution is 5.42. The Labute approximate surface area is 69.2 Å². The van der Waals surface area contributed by atoms with E-state index in [4.69, 9.17) is 11.5 Å². The Hall–Kier alpha value is -1.69. The van der Waals surface area contributed by atoms with Crippen LogP contribution in [0.4, 0.5) is 5.82 Å². The number of nitrogens with one attached hydrogen (secondary N) is 2. The number of anilines is 1. The fourth-order valence-electron chi connectivity index (χ4n) is 1.06. The van der Waals surface area contributed by atoms with Crippen LogP contribution in [0, 0.1) is 0 Å². The van der Waals surface area contributed by atoms with Crippen LogP contribution in [0.25, 0.3) is 0 Å². The Morgan fingerprint density at radius 3 is 2.92 bits per heavy atom. The number of nitrogens with two attached hydrogens (primary N) is 2. The SMILES string of the molecule is NC1=CNN(c2ccn[nH]2)C1N. The van der Waals surface area contributed by atoms with Crippen molar-refractivity contribution in [2.24, 2.45) is 11.5 Å². The van der Waals surface area contributed by atoms with Crippen LogP contribution in [0.3, 0.4) is 0 Å². The van der Waals surface area contributed by atoms with Crippen LogP contribution in [-0.4, -0.2) is 16.4 Å². The van der Waals surface area contributed by atoms with Crippen LogP contribution in [-0.2, 0) is 0 Å². The van der Waals surface area contributed by atoms with Crippen LogP contribution in [0.1, 0.15) is 0 Å². The highest BCUT2D eigenvalue weighted by Crippen LogP contribution is 2.13. The standard InChI is InChI=1S/C6H10N6/c7-4-3-10-12(6(4)8)5-1-2-9-11-5/h1-3,6,10H,7-8H2,(H,9,11). The molecule has 6 heteroatoms. The minimum absolute atomic E-state index is 0.328. The van der Waals surface area contributed by atoms with E-state index in [1.807, 2.05) is 0 Å². The molecule has 6 nitrogen and oxygen atoms in total. The van der Waals surface area contributed by atoms with Gasteiger partial charge in [-0.15, -0.1) is 0 Å². The third-order valence-electron chi connectivity index (χ3n) is 1.74. The summed E-state index contributed by atoms with van der Waals surface area (Å²) < 4.78 is 0. The van der Waals surface area contributed by atoms with Gasteiger partial charge in [0.1, 0.15) is 12.0 Å². The average Bonchev–Trinajstić information content (AvgIpc) is 2.64. The lowest BCUT2D eigenvalue weighted by molar-refractivity contribution is 0.673. The monoisotopic (exact) mass is 166 g/mol. The van der Waals surface area contributed by atoms with E-state index in [0.29, 0.717) is 5.70 Å². The summed E-state index contributed by atoms with van der Waals surface area (Å²) in [7, 11) is 0. The number of H-pyrrole nitrogens is 1. The Balaban J connectivity index is 2.20. The summed E-state index contributed by atoms with van der Waals surface area (Å²) in [5.41, 5.74) is 14.8. The molecule has 0 amide bonds. The van der Waals surface area contributed by atoms with Crippen molar-refractivity contribution in [3.05, 3.63) is 24.2 Å². The molecule has 0 aliphatic carbocycles. The summed E-state index contributed by atoms with van der Waals surface area (Å²) in [6, 6.07) is 1.80. The first-order valence-corrected chi connectivity index (χ1v) is 3.55. The van der Waals surface area contributed by atoms with Gasteiger partial charge in [0.05, 0.1) is 11.9 Å². The molecule has 1 unspecified atom stereocenters. The molecule has 1 aromatic heterocycles. The Morgan fingerprint density at radius 1 is 1.58 bits per heavy atom. The van der Waals surface area contributed by atoms with Crippen molar-refractivity contribution in [1.82, 2.24) is 15.6 Å². The van der Waals surface area contributed by atoms with Gasteiger partial charge >= 0.3 is 0 Å². The molecule has 0 fully saturated rings. The first kappa shape index (κ1) is 6.99. The van der Waals surface area contributed by atoms with Crippen LogP contribution in [0.15, 0.2) is 24.2 Å². The van der Waals surface area contributed by atoms with Crippen LogP contribution in [0.2, 0.25) is 0 Å². The van der Waals surface area contributed by atoms with E-state index >= 15 is 0 Å². The van der Waals surface area contributed by atoms with E-state index in [-0.39, 0.29) is 6.17 Å². The van der Waals surface area contributed by atoms with Crippen molar-refractivity contribution >= 4 is 5.82 Å². The van der Waals surface area contributed by atoms with Gasteiger partial charge in [0.2, 0.25) is 0 Å². The van der Waals surface area contributed by atoms with E-state index in [1.165, 1.54) is 0 Å². The second-order valence-electron chi connectivity index (χ2n) is 2.53. The molecule has 2 heterocycles. The lowest BCUT2D eigenvalue weighted by atomic mass is 10.4. The summed E-state index contributed by atoms with van der Waals surface area (Å²) in [6.45, 7) is 0. The molecule has 12 heavy (non-hydrogen) atoms. The van der Waals surface area contributed by atoms with Crippen molar-refractivity contribution in [3.63, 3.8) is 0 Å². The zero-order valence-electron chi connectivity index (χ0n) is 6.36. The summed E-state index contributed by atoms with van der Waals surface area (Å²) in [4.78, 5) is 0. The largest absolute Gasteiger partial charge is 0.398 e. The summed E-state index contributed by atoms with van der Waals surface area (Å²) in [5.74, 6) is 0.791. The molecular weight excluding hydrogens is 156 g/mol. The van der Waals surface area contributed by atoms with Gasteiger partial charge in [-0.2, -0.15) is 5.10 Å². The van der Waals surface area contributed by atoms with Crippen molar-refractivity contribution < 1.29 is 0 Å². The smallest absolute Gasteiger partial charge is 0.144 e. The number of nitrogens with zero attached hydrogens (tertiary/aromatic N) is 2. The molecule has 0 aromatic carbocycles. The molecule has 6 N–H and O–H groups in total. The molecule has 1 aromatic rings. The van der Waals surface area contributed by atoms with Gasteiger partial charge in [0.25, 0.3) is 0 Å². The Morgan fingerprint density at radius 2 is 2.42 bits per heavy atom. The van der Waals surface area contributed by atoms with Crippen LogP contribution < -0.4 is 21.9 Å². The van der Waals surface area contributed by atoms with Crippen LogP contribution >= 0.6 is 0 Å². The van der Waals surface area contributed by atoms with E-state index in [9.17, 15) is 0 Å². The van der Waals surface area contributed by atoms with Gasteiger partial charge in [0, 0.05) is 12.3 Å². The van der Waals surface area contributed by atoms with Crippen LogP contribution in [0.5, 0.6) is 0 Å². The number of hydrazine groups is 1. The van der Waals surface area contributed by atoms with Crippen molar-refractivity contribution in [1.29, 1.82) is 0 Å². The zero-order chi connectivity index (χ0) is 8.55. The molecule has 64 valence electrons. The summed E-state index contributed by atoms with van der Waals surface area (Å²) >= 11 is 0. The Kier molecular flexibility index (Phi) is 1.41. The minimum Gasteiger partial charge on any atom is -0.398 e.